The van der Waals surface area contributed by atoms with Crippen LogP contribution in [0.15, 0.2) is 23.3 Å². The molecule has 108 valence electrons. The van der Waals surface area contributed by atoms with Crippen LogP contribution in [0.5, 0.6) is 0 Å². The number of hydrogen-bond donors (Lipinski definition) is 2. The molecule has 0 radical (unpaired) electrons. The van der Waals surface area contributed by atoms with Crippen LogP contribution in [0.25, 0.3) is 0 Å². The Kier molecular flexibility index (Phi) is 6.16. The maximum absolute atomic E-state index is 11.7. The van der Waals surface area contributed by atoms with E-state index in [-0.39, 0.29) is 5.91 Å². The summed E-state index contributed by atoms with van der Waals surface area (Å²) in [4.78, 5) is 13.0. The van der Waals surface area contributed by atoms with Crippen LogP contribution < -0.4 is 10.3 Å². The van der Waals surface area contributed by atoms with Gasteiger partial charge in [-0.3, -0.25) is 4.79 Å². The molecule has 1 saturated heterocycles. The van der Waals surface area contributed by atoms with Gasteiger partial charge in [-0.25, -0.2) is 5.43 Å². The molecule has 1 aromatic carbocycles. The van der Waals surface area contributed by atoms with Crippen molar-refractivity contribution in [2.45, 2.75) is 0 Å². The van der Waals surface area contributed by atoms with E-state index < -0.39 is 0 Å². The van der Waals surface area contributed by atoms with E-state index in [0.29, 0.717) is 16.6 Å². The van der Waals surface area contributed by atoms with Crippen molar-refractivity contribution in [3.05, 3.63) is 33.8 Å². The molecule has 0 spiro atoms. The van der Waals surface area contributed by atoms with Crippen LogP contribution in [0, 0.1) is 0 Å². The monoisotopic (exact) mass is 332 g/mol. The third-order valence-electron chi connectivity index (χ3n) is 2.97. The summed E-state index contributed by atoms with van der Waals surface area (Å²) < 4.78 is 0. The minimum Gasteiger partial charge on any atom is -0.326 e. The summed E-state index contributed by atoms with van der Waals surface area (Å²) in [6.45, 7) is 2.53. The molecule has 2 N–H and O–H groups in total. The van der Waals surface area contributed by atoms with Crippen LogP contribution in [0.2, 0.25) is 10.0 Å². The van der Waals surface area contributed by atoms with Gasteiger partial charge in [-0.2, -0.15) is 16.9 Å². The lowest BCUT2D eigenvalue weighted by Crippen LogP contribution is -3.14. The number of benzene rings is 1. The highest BCUT2D eigenvalue weighted by Crippen LogP contribution is 2.19. The van der Waals surface area contributed by atoms with Gasteiger partial charge in [-0.15, -0.1) is 0 Å². The third kappa shape index (κ3) is 4.98. The quantitative estimate of drug-likeness (QED) is 0.640. The zero-order chi connectivity index (χ0) is 14.4. The summed E-state index contributed by atoms with van der Waals surface area (Å²) in [5, 5.41) is 5.01. The van der Waals surface area contributed by atoms with Gasteiger partial charge in [0.1, 0.15) is 0 Å². The van der Waals surface area contributed by atoms with Crippen LogP contribution in [0.3, 0.4) is 0 Å². The van der Waals surface area contributed by atoms with Crippen LogP contribution >= 0.6 is 35.0 Å². The van der Waals surface area contributed by atoms with Crippen molar-refractivity contribution in [3.63, 3.8) is 0 Å². The second-order valence-corrected chi connectivity index (χ2v) is 6.57. The molecular formula is C13H16Cl2N3OS+. The number of rotatable bonds is 4. The van der Waals surface area contributed by atoms with Gasteiger partial charge in [0, 0.05) is 22.1 Å². The van der Waals surface area contributed by atoms with Crippen molar-refractivity contribution >= 4 is 47.1 Å². The number of hydrazone groups is 1. The maximum atomic E-state index is 11.7. The van der Waals surface area contributed by atoms with Crippen LogP contribution in [0.1, 0.15) is 5.56 Å². The highest BCUT2D eigenvalue weighted by atomic mass is 35.5. The number of halogens is 2. The average Bonchev–Trinajstić information content (AvgIpc) is 2.42. The Bertz CT molecular complexity index is 504. The topological polar surface area (TPSA) is 45.9 Å². The SMILES string of the molecule is O=C(C[NH+]1CCSCC1)N/N=C\c1ccc(Cl)cc1Cl. The number of carbonyl (C=O) groups excluding carboxylic acids is 1. The van der Waals surface area contributed by atoms with Gasteiger partial charge in [-0.1, -0.05) is 29.3 Å². The largest absolute Gasteiger partial charge is 0.326 e. The molecule has 4 nitrogen and oxygen atoms in total. The van der Waals surface area contributed by atoms with E-state index in [2.05, 4.69) is 10.5 Å². The van der Waals surface area contributed by atoms with Gasteiger partial charge < -0.3 is 4.90 Å². The van der Waals surface area contributed by atoms with Crippen molar-refractivity contribution in [1.82, 2.24) is 5.43 Å². The molecule has 0 bridgehead atoms. The number of quaternary nitrogens is 1. The lowest BCUT2D eigenvalue weighted by atomic mass is 10.2. The fourth-order valence-electron chi connectivity index (χ4n) is 1.88. The van der Waals surface area contributed by atoms with Crippen molar-refractivity contribution < 1.29 is 9.69 Å². The normalized spacial score (nSPS) is 16.5. The summed E-state index contributed by atoms with van der Waals surface area (Å²) in [6, 6.07) is 5.13. The zero-order valence-corrected chi connectivity index (χ0v) is 13.2. The standard InChI is InChI=1S/C13H15Cl2N3OS/c14-11-2-1-10(12(15)7-11)8-16-17-13(19)9-18-3-5-20-6-4-18/h1-2,7-8H,3-6,9H2,(H,17,19)/p+1/b16-8-. The van der Waals surface area contributed by atoms with E-state index in [1.807, 2.05) is 11.8 Å². The number of carbonyl (C=O) groups is 1. The van der Waals surface area contributed by atoms with Crippen molar-refractivity contribution in [3.8, 4) is 0 Å². The van der Waals surface area contributed by atoms with Crippen LogP contribution in [0.4, 0.5) is 0 Å². The van der Waals surface area contributed by atoms with E-state index in [4.69, 9.17) is 23.2 Å². The molecule has 0 aliphatic carbocycles. The Morgan fingerprint density at radius 2 is 2.15 bits per heavy atom. The number of nitrogens with zero attached hydrogens (tertiary/aromatic N) is 1. The van der Waals surface area contributed by atoms with Gasteiger partial charge in [0.25, 0.3) is 5.91 Å². The van der Waals surface area contributed by atoms with Gasteiger partial charge in [-0.05, 0) is 12.1 Å². The molecule has 0 atom stereocenters. The van der Waals surface area contributed by atoms with E-state index in [1.165, 1.54) is 11.1 Å². The molecule has 1 aliphatic heterocycles. The molecule has 1 fully saturated rings. The summed E-state index contributed by atoms with van der Waals surface area (Å²) >= 11 is 13.7. The first-order valence-electron chi connectivity index (χ1n) is 6.33. The third-order valence-corrected chi connectivity index (χ3v) is 4.51. The number of hydrogen-bond acceptors (Lipinski definition) is 3. The van der Waals surface area contributed by atoms with Crippen molar-refractivity contribution in [2.24, 2.45) is 5.10 Å². The average molecular weight is 333 g/mol. The molecule has 20 heavy (non-hydrogen) atoms. The lowest BCUT2D eigenvalue weighted by Gasteiger charge is -2.21. The second kappa shape index (κ2) is 7.88. The minimum atomic E-state index is -0.0757. The van der Waals surface area contributed by atoms with E-state index in [9.17, 15) is 4.79 Å². The molecule has 0 aromatic heterocycles. The summed E-state index contributed by atoms with van der Waals surface area (Å²) in [5.41, 5.74) is 3.25. The first-order chi connectivity index (χ1) is 9.65. The molecule has 2 rings (SSSR count). The Hall–Kier alpha value is -0.750. The fourth-order valence-corrected chi connectivity index (χ4v) is 3.41. The highest BCUT2D eigenvalue weighted by Gasteiger charge is 2.16. The molecule has 0 saturated carbocycles. The maximum Gasteiger partial charge on any atom is 0.295 e. The zero-order valence-electron chi connectivity index (χ0n) is 10.9. The summed E-state index contributed by atoms with van der Waals surface area (Å²) in [6.07, 6.45) is 1.53. The molecule has 7 heteroatoms. The molecule has 0 unspecified atom stereocenters. The molecule has 1 heterocycles. The number of nitrogens with one attached hydrogen (secondary N) is 2. The second-order valence-electron chi connectivity index (χ2n) is 4.50. The Balaban J connectivity index is 1.81. The van der Waals surface area contributed by atoms with Gasteiger partial charge in [0.15, 0.2) is 6.54 Å². The predicted octanol–water partition coefficient (Wildman–Crippen LogP) is 1.08. The first-order valence-corrected chi connectivity index (χ1v) is 8.24. The first kappa shape index (κ1) is 15.6. The van der Waals surface area contributed by atoms with Crippen molar-refractivity contribution in [2.75, 3.05) is 31.1 Å². The fraction of sp³-hybridized carbons (Fsp3) is 0.385. The van der Waals surface area contributed by atoms with Gasteiger partial charge >= 0.3 is 0 Å². The van der Waals surface area contributed by atoms with Gasteiger partial charge in [0.05, 0.1) is 24.3 Å². The summed E-state index contributed by atoms with van der Waals surface area (Å²) in [5.74, 6) is 2.16. The summed E-state index contributed by atoms with van der Waals surface area (Å²) in [7, 11) is 0. The smallest absolute Gasteiger partial charge is 0.295 e. The Morgan fingerprint density at radius 1 is 1.40 bits per heavy atom. The number of thioether (sulfide) groups is 1. The molecule has 1 amide bonds. The van der Waals surface area contributed by atoms with E-state index >= 15 is 0 Å². The van der Waals surface area contributed by atoms with Crippen LogP contribution in [-0.4, -0.2) is 43.3 Å². The Morgan fingerprint density at radius 3 is 2.85 bits per heavy atom. The van der Waals surface area contributed by atoms with E-state index in [0.717, 1.165) is 30.2 Å². The molecule has 1 aliphatic rings. The predicted molar refractivity (Wildman–Crippen MR) is 85.1 cm³/mol. The van der Waals surface area contributed by atoms with Gasteiger partial charge in [0.2, 0.25) is 0 Å². The molecule has 1 aromatic rings. The van der Waals surface area contributed by atoms with Crippen molar-refractivity contribution in [1.29, 1.82) is 0 Å². The van der Waals surface area contributed by atoms with E-state index in [1.54, 1.807) is 18.2 Å². The minimum absolute atomic E-state index is 0.0757. The molecular weight excluding hydrogens is 317 g/mol. The number of amides is 1. The lowest BCUT2D eigenvalue weighted by molar-refractivity contribution is -0.888. The Labute approximate surface area is 132 Å². The van der Waals surface area contributed by atoms with Crippen LogP contribution in [-0.2, 0) is 4.79 Å². The highest BCUT2D eigenvalue weighted by molar-refractivity contribution is 7.99.